The van der Waals surface area contributed by atoms with Gasteiger partial charge in [0.2, 0.25) is 5.13 Å². The quantitative estimate of drug-likeness (QED) is 0.739. The van der Waals surface area contributed by atoms with Gasteiger partial charge in [0.1, 0.15) is 0 Å². The van der Waals surface area contributed by atoms with Gasteiger partial charge in [0.05, 0.1) is 0 Å². The zero-order chi connectivity index (χ0) is 7.56. The highest BCUT2D eigenvalue weighted by atomic mass is 35.5. The van der Waals surface area contributed by atoms with Gasteiger partial charge in [-0.3, -0.25) is 0 Å². The van der Waals surface area contributed by atoms with Crippen LogP contribution in [0.2, 0.25) is 0 Å². The van der Waals surface area contributed by atoms with Crippen LogP contribution in [0, 0.1) is 0 Å². The van der Waals surface area contributed by atoms with E-state index in [4.69, 9.17) is 23.2 Å². The first-order chi connectivity index (χ1) is 4.74. The van der Waals surface area contributed by atoms with Crippen LogP contribution >= 0.6 is 34.7 Å². The molecule has 0 radical (unpaired) electrons. The number of hydrogen-bond donors (Lipinski definition) is 1. The molecule has 0 unspecified atom stereocenters. The van der Waals surface area contributed by atoms with Gasteiger partial charge in [0.25, 0.3) is 0 Å². The summed E-state index contributed by atoms with van der Waals surface area (Å²) in [6.45, 7) is 0. The number of alkyl halides is 2. The van der Waals surface area contributed by atoms with Gasteiger partial charge in [-0.2, -0.15) is 4.37 Å². The van der Waals surface area contributed by atoms with E-state index < -0.39 is 4.84 Å². The molecule has 0 bridgehead atoms. The summed E-state index contributed by atoms with van der Waals surface area (Å²) in [4.78, 5) is 3.33. The topological polar surface area (TPSA) is 37.8 Å². The largest absolute Gasteiger partial charge is 0.363 e. The average Bonchev–Trinajstić information content (AvgIpc) is 2.34. The number of aromatic nitrogens is 2. The number of anilines is 1. The van der Waals surface area contributed by atoms with Crippen molar-refractivity contribution in [3.63, 3.8) is 0 Å². The molecule has 0 aliphatic rings. The summed E-state index contributed by atoms with van der Waals surface area (Å²) in [6, 6.07) is 0. The molecule has 1 heterocycles. The first kappa shape index (κ1) is 8.04. The van der Waals surface area contributed by atoms with E-state index in [1.165, 1.54) is 11.5 Å². The van der Waals surface area contributed by atoms with Crippen LogP contribution in [-0.2, 0) is 0 Å². The Bertz CT molecular complexity index is 212. The summed E-state index contributed by atoms with van der Waals surface area (Å²) < 4.78 is 3.89. The molecule has 1 aromatic heterocycles. The van der Waals surface area contributed by atoms with Crippen LogP contribution < -0.4 is 5.32 Å². The van der Waals surface area contributed by atoms with E-state index in [2.05, 4.69) is 14.7 Å². The van der Waals surface area contributed by atoms with Gasteiger partial charge in [-0.1, -0.05) is 23.2 Å². The maximum absolute atomic E-state index is 5.49. The molecule has 0 saturated carbocycles. The highest BCUT2D eigenvalue weighted by Crippen LogP contribution is 2.24. The fraction of sp³-hybridized carbons (Fsp3) is 0.500. The van der Waals surface area contributed by atoms with E-state index in [-0.39, 0.29) is 0 Å². The molecule has 3 nitrogen and oxygen atoms in total. The molecule has 0 saturated heterocycles. The number of rotatable bonds is 2. The van der Waals surface area contributed by atoms with Crippen LogP contribution in [0.3, 0.4) is 0 Å². The van der Waals surface area contributed by atoms with Gasteiger partial charge in [0.15, 0.2) is 10.7 Å². The Labute approximate surface area is 72.5 Å². The van der Waals surface area contributed by atoms with Gasteiger partial charge in [-0.25, -0.2) is 4.98 Å². The second-order valence-electron chi connectivity index (χ2n) is 1.51. The molecule has 1 aromatic rings. The van der Waals surface area contributed by atoms with Crippen LogP contribution in [0.5, 0.6) is 0 Å². The molecule has 56 valence electrons. The lowest BCUT2D eigenvalue weighted by atomic mass is 10.7. The van der Waals surface area contributed by atoms with Gasteiger partial charge < -0.3 is 5.32 Å². The molecule has 1 rings (SSSR count). The van der Waals surface area contributed by atoms with Crippen LogP contribution in [0.15, 0.2) is 0 Å². The fourth-order valence-electron chi connectivity index (χ4n) is 0.425. The zero-order valence-corrected chi connectivity index (χ0v) is 7.46. The SMILES string of the molecule is CNc1nc(C(Cl)Cl)ns1. The molecule has 0 spiro atoms. The fourth-order valence-corrected chi connectivity index (χ4v) is 1.29. The first-order valence-corrected chi connectivity index (χ1v) is 4.18. The second-order valence-corrected chi connectivity index (χ2v) is 3.36. The third-order valence-corrected chi connectivity index (χ3v) is 1.99. The smallest absolute Gasteiger partial charge is 0.202 e. The third kappa shape index (κ3) is 1.71. The molecule has 1 N–H and O–H groups in total. The minimum atomic E-state index is -0.627. The summed E-state index contributed by atoms with van der Waals surface area (Å²) in [5.74, 6) is 0.456. The molecule has 0 aromatic carbocycles. The molecule has 10 heavy (non-hydrogen) atoms. The highest BCUT2D eigenvalue weighted by Gasteiger charge is 2.09. The summed E-state index contributed by atoms with van der Waals surface area (Å²) in [7, 11) is 1.77. The molecule has 0 aliphatic heterocycles. The minimum absolute atomic E-state index is 0.456. The molecular formula is C4H5Cl2N3S. The van der Waals surface area contributed by atoms with Crippen molar-refractivity contribution in [2.24, 2.45) is 0 Å². The van der Waals surface area contributed by atoms with Crippen LogP contribution in [0.4, 0.5) is 5.13 Å². The Morgan fingerprint density at radius 3 is 2.60 bits per heavy atom. The molecule has 6 heteroatoms. The second kappa shape index (κ2) is 3.37. The minimum Gasteiger partial charge on any atom is -0.363 e. The third-order valence-electron chi connectivity index (χ3n) is 0.851. The van der Waals surface area contributed by atoms with Gasteiger partial charge in [-0.15, -0.1) is 0 Å². The molecule has 0 amide bonds. The Morgan fingerprint density at radius 2 is 2.30 bits per heavy atom. The first-order valence-electron chi connectivity index (χ1n) is 2.53. The van der Waals surface area contributed by atoms with Crippen molar-refractivity contribution in [2.75, 3.05) is 12.4 Å². The van der Waals surface area contributed by atoms with Crippen LogP contribution in [-0.4, -0.2) is 16.4 Å². The van der Waals surface area contributed by atoms with Gasteiger partial charge in [-0.05, 0) is 0 Å². The van der Waals surface area contributed by atoms with Crippen molar-refractivity contribution in [1.82, 2.24) is 9.36 Å². The van der Waals surface area contributed by atoms with E-state index in [1.807, 2.05) is 0 Å². The van der Waals surface area contributed by atoms with Crippen molar-refractivity contribution in [3.05, 3.63) is 5.82 Å². The predicted molar refractivity (Wildman–Crippen MR) is 43.9 cm³/mol. The predicted octanol–water partition coefficient (Wildman–Crippen LogP) is 2.06. The van der Waals surface area contributed by atoms with Gasteiger partial charge >= 0.3 is 0 Å². The van der Waals surface area contributed by atoms with Crippen molar-refractivity contribution in [3.8, 4) is 0 Å². The van der Waals surface area contributed by atoms with E-state index in [0.29, 0.717) is 5.82 Å². The number of nitrogens with one attached hydrogen (secondary N) is 1. The van der Waals surface area contributed by atoms with Crippen LogP contribution in [0.1, 0.15) is 10.7 Å². The molecule has 0 aliphatic carbocycles. The lowest BCUT2D eigenvalue weighted by molar-refractivity contribution is 1.10. The van der Waals surface area contributed by atoms with Crippen molar-refractivity contribution in [2.45, 2.75) is 4.84 Å². The van der Waals surface area contributed by atoms with Gasteiger partial charge in [0, 0.05) is 18.6 Å². The summed E-state index contributed by atoms with van der Waals surface area (Å²) in [5.41, 5.74) is 0. The lowest BCUT2D eigenvalue weighted by Gasteiger charge is -1.89. The van der Waals surface area contributed by atoms with Crippen LogP contribution in [0.25, 0.3) is 0 Å². The molecular weight excluding hydrogens is 193 g/mol. The maximum atomic E-state index is 5.49. The number of hydrogen-bond acceptors (Lipinski definition) is 4. The summed E-state index contributed by atoms with van der Waals surface area (Å²) in [5, 5.41) is 3.55. The average molecular weight is 198 g/mol. The van der Waals surface area contributed by atoms with E-state index in [0.717, 1.165) is 5.13 Å². The van der Waals surface area contributed by atoms with E-state index in [1.54, 1.807) is 7.05 Å². The Kier molecular flexibility index (Phi) is 2.71. The highest BCUT2D eigenvalue weighted by molar-refractivity contribution is 7.09. The number of nitrogens with zero attached hydrogens (tertiary/aromatic N) is 2. The van der Waals surface area contributed by atoms with Crippen molar-refractivity contribution < 1.29 is 0 Å². The van der Waals surface area contributed by atoms with Crippen molar-refractivity contribution >= 4 is 39.9 Å². The molecule has 0 fully saturated rings. The Hall–Kier alpha value is -0.0600. The van der Waals surface area contributed by atoms with E-state index >= 15 is 0 Å². The zero-order valence-electron chi connectivity index (χ0n) is 5.14. The van der Waals surface area contributed by atoms with Crippen molar-refractivity contribution in [1.29, 1.82) is 0 Å². The monoisotopic (exact) mass is 197 g/mol. The molecule has 0 atom stereocenters. The standard InChI is InChI=1S/C4H5Cl2N3S/c1-7-4-8-3(2(5)6)9-10-4/h2H,1H3,(H,7,8,9). The normalized spacial score (nSPS) is 10.4. The Morgan fingerprint density at radius 1 is 1.60 bits per heavy atom. The maximum Gasteiger partial charge on any atom is 0.202 e. The lowest BCUT2D eigenvalue weighted by Crippen LogP contribution is -1.88. The number of halogens is 2. The Balaban J connectivity index is 2.78. The summed E-state index contributed by atoms with van der Waals surface area (Å²) >= 11 is 12.2. The summed E-state index contributed by atoms with van der Waals surface area (Å²) in [6.07, 6.45) is 0. The van der Waals surface area contributed by atoms with E-state index in [9.17, 15) is 0 Å².